The molecule has 1 amide bonds. The molecule has 0 unspecified atom stereocenters. The fourth-order valence-corrected chi connectivity index (χ4v) is 2.09. The molecule has 0 aliphatic rings. The molecule has 0 atom stereocenters. The van der Waals surface area contributed by atoms with E-state index in [0.717, 1.165) is 0 Å². The van der Waals surface area contributed by atoms with E-state index in [-0.39, 0.29) is 30.6 Å². The SMILES string of the molecule is COc1ccc(OCC(=O)NCc2ccc(OC(F)F)c(OC)c2)cc1. The summed E-state index contributed by atoms with van der Waals surface area (Å²) in [4.78, 5) is 11.9. The van der Waals surface area contributed by atoms with Crippen molar-refractivity contribution in [1.82, 2.24) is 5.32 Å². The highest BCUT2D eigenvalue weighted by Gasteiger charge is 2.11. The summed E-state index contributed by atoms with van der Waals surface area (Å²) in [7, 11) is 2.91. The Morgan fingerprint density at radius 3 is 2.31 bits per heavy atom. The van der Waals surface area contributed by atoms with Gasteiger partial charge in [-0.2, -0.15) is 8.78 Å². The van der Waals surface area contributed by atoms with E-state index in [1.54, 1.807) is 37.4 Å². The summed E-state index contributed by atoms with van der Waals surface area (Å²) < 4.78 is 44.4. The van der Waals surface area contributed by atoms with Gasteiger partial charge in [-0.1, -0.05) is 6.07 Å². The Labute approximate surface area is 149 Å². The summed E-state index contributed by atoms with van der Waals surface area (Å²) >= 11 is 0. The molecule has 2 aromatic carbocycles. The monoisotopic (exact) mass is 367 g/mol. The van der Waals surface area contributed by atoms with Crippen molar-refractivity contribution in [3.63, 3.8) is 0 Å². The maximum atomic E-state index is 12.3. The standard InChI is InChI=1S/C18H19F2NO5/c1-23-13-4-6-14(7-5-13)25-11-17(22)21-10-12-3-8-15(26-18(19)20)16(9-12)24-2/h3-9,18H,10-11H2,1-2H3,(H,21,22). The maximum Gasteiger partial charge on any atom is 0.387 e. The number of rotatable bonds is 9. The van der Waals surface area contributed by atoms with Crippen molar-refractivity contribution in [2.75, 3.05) is 20.8 Å². The lowest BCUT2D eigenvalue weighted by molar-refractivity contribution is -0.123. The lowest BCUT2D eigenvalue weighted by Gasteiger charge is -2.12. The molecule has 2 aromatic rings. The number of amides is 1. The van der Waals surface area contributed by atoms with Gasteiger partial charge in [0, 0.05) is 6.54 Å². The van der Waals surface area contributed by atoms with Gasteiger partial charge in [0.2, 0.25) is 0 Å². The van der Waals surface area contributed by atoms with Gasteiger partial charge in [-0.3, -0.25) is 4.79 Å². The Hall–Kier alpha value is -3.03. The number of hydrogen-bond donors (Lipinski definition) is 1. The van der Waals surface area contributed by atoms with Gasteiger partial charge in [0.15, 0.2) is 18.1 Å². The lowest BCUT2D eigenvalue weighted by Crippen LogP contribution is -2.28. The van der Waals surface area contributed by atoms with Crippen LogP contribution in [0.3, 0.4) is 0 Å². The Bertz CT molecular complexity index is 722. The van der Waals surface area contributed by atoms with E-state index in [1.807, 2.05) is 0 Å². The molecule has 0 bridgehead atoms. The predicted molar refractivity (Wildman–Crippen MR) is 90.0 cm³/mol. The number of carbonyl (C=O) groups is 1. The molecule has 0 spiro atoms. The third kappa shape index (κ3) is 5.80. The minimum Gasteiger partial charge on any atom is -0.497 e. The van der Waals surface area contributed by atoms with Gasteiger partial charge in [0.05, 0.1) is 14.2 Å². The van der Waals surface area contributed by atoms with Gasteiger partial charge in [-0.05, 0) is 42.0 Å². The van der Waals surface area contributed by atoms with Crippen LogP contribution in [0.4, 0.5) is 8.78 Å². The van der Waals surface area contributed by atoms with Crippen LogP contribution in [0.1, 0.15) is 5.56 Å². The van der Waals surface area contributed by atoms with E-state index >= 15 is 0 Å². The normalized spacial score (nSPS) is 10.3. The topological polar surface area (TPSA) is 66.0 Å². The average molecular weight is 367 g/mol. The van der Waals surface area contributed by atoms with Gasteiger partial charge in [-0.25, -0.2) is 0 Å². The summed E-state index contributed by atoms with van der Waals surface area (Å²) in [6.45, 7) is -2.91. The number of carbonyl (C=O) groups excluding carboxylic acids is 1. The van der Waals surface area contributed by atoms with Crippen LogP contribution in [0.25, 0.3) is 0 Å². The van der Waals surface area contributed by atoms with Crippen molar-refractivity contribution in [2.45, 2.75) is 13.2 Å². The fraction of sp³-hybridized carbons (Fsp3) is 0.278. The molecule has 2 rings (SSSR count). The number of halogens is 2. The molecule has 0 radical (unpaired) electrons. The molecule has 0 saturated carbocycles. The van der Waals surface area contributed by atoms with Gasteiger partial charge < -0.3 is 24.3 Å². The summed E-state index contributed by atoms with van der Waals surface area (Å²) in [6, 6.07) is 11.3. The van der Waals surface area contributed by atoms with E-state index in [1.165, 1.54) is 19.2 Å². The average Bonchev–Trinajstić information content (AvgIpc) is 2.65. The first-order valence-corrected chi connectivity index (χ1v) is 7.67. The van der Waals surface area contributed by atoms with Gasteiger partial charge in [0.25, 0.3) is 5.91 Å². The molecule has 8 heteroatoms. The molecular formula is C18H19F2NO5. The highest BCUT2D eigenvalue weighted by Crippen LogP contribution is 2.29. The summed E-state index contributed by atoms with van der Waals surface area (Å²) in [5.74, 6) is 0.991. The van der Waals surface area contributed by atoms with Crippen LogP contribution >= 0.6 is 0 Å². The van der Waals surface area contributed by atoms with E-state index < -0.39 is 6.61 Å². The van der Waals surface area contributed by atoms with E-state index in [9.17, 15) is 13.6 Å². The first-order chi connectivity index (χ1) is 12.5. The number of hydrogen-bond acceptors (Lipinski definition) is 5. The highest BCUT2D eigenvalue weighted by molar-refractivity contribution is 5.77. The lowest BCUT2D eigenvalue weighted by atomic mass is 10.2. The largest absolute Gasteiger partial charge is 0.497 e. The van der Waals surface area contributed by atoms with Crippen LogP contribution in [-0.4, -0.2) is 33.3 Å². The first kappa shape index (κ1) is 19.3. The first-order valence-electron chi connectivity index (χ1n) is 7.67. The molecule has 0 aliphatic carbocycles. The van der Waals surface area contributed by atoms with Crippen molar-refractivity contribution in [3.05, 3.63) is 48.0 Å². The Morgan fingerprint density at radius 2 is 1.69 bits per heavy atom. The predicted octanol–water partition coefficient (Wildman–Crippen LogP) is 3.00. The summed E-state index contributed by atoms with van der Waals surface area (Å²) in [6.07, 6.45) is 0. The Kier molecular flexibility index (Phi) is 7.02. The van der Waals surface area contributed by atoms with Crippen LogP contribution in [0.5, 0.6) is 23.0 Å². The Morgan fingerprint density at radius 1 is 1.00 bits per heavy atom. The Balaban J connectivity index is 1.84. The minimum absolute atomic E-state index is 0.0691. The second-order valence-corrected chi connectivity index (χ2v) is 5.10. The maximum absolute atomic E-state index is 12.3. The molecule has 0 fully saturated rings. The van der Waals surface area contributed by atoms with Crippen LogP contribution in [0.15, 0.2) is 42.5 Å². The second-order valence-electron chi connectivity index (χ2n) is 5.10. The third-order valence-corrected chi connectivity index (χ3v) is 3.36. The zero-order valence-electron chi connectivity index (χ0n) is 14.3. The zero-order chi connectivity index (χ0) is 18.9. The molecule has 6 nitrogen and oxygen atoms in total. The molecule has 1 N–H and O–H groups in total. The van der Waals surface area contributed by atoms with Gasteiger partial charge in [-0.15, -0.1) is 0 Å². The molecule has 0 aliphatic heterocycles. The fourth-order valence-electron chi connectivity index (χ4n) is 2.09. The number of nitrogens with one attached hydrogen (secondary N) is 1. The van der Waals surface area contributed by atoms with E-state index in [4.69, 9.17) is 14.2 Å². The molecular weight excluding hydrogens is 348 g/mol. The van der Waals surface area contributed by atoms with Gasteiger partial charge in [0.1, 0.15) is 11.5 Å². The third-order valence-electron chi connectivity index (χ3n) is 3.36. The molecule has 0 heterocycles. The van der Waals surface area contributed by atoms with Crippen LogP contribution in [0.2, 0.25) is 0 Å². The van der Waals surface area contributed by atoms with Crippen molar-refractivity contribution in [2.24, 2.45) is 0 Å². The van der Waals surface area contributed by atoms with E-state index in [2.05, 4.69) is 10.1 Å². The van der Waals surface area contributed by atoms with Crippen LogP contribution in [-0.2, 0) is 11.3 Å². The van der Waals surface area contributed by atoms with Gasteiger partial charge >= 0.3 is 6.61 Å². The molecule has 26 heavy (non-hydrogen) atoms. The van der Waals surface area contributed by atoms with Crippen molar-refractivity contribution in [1.29, 1.82) is 0 Å². The smallest absolute Gasteiger partial charge is 0.387 e. The summed E-state index contributed by atoms with van der Waals surface area (Å²) in [5.41, 5.74) is 0.668. The molecule has 140 valence electrons. The van der Waals surface area contributed by atoms with Crippen molar-refractivity contribution in [3.8, 4) is 23.0 Å². The summed E-state index contributed by atoms with van der Waals surface area (Å²) in [5, 5.41) is 2.67. The zero-order valence-corrected chi connectivity index (χ0v) is 14.3. The van der Waals surface area contributed by atoms with E-state index in [0.29, 0.717) is 17.1 Å². The van der Waals surface area contributed by atoms with Crippen molar-refractivity contribution < 1.29 is 32.5 Å². The number of methoxy groups -OCH3 is 2. The molecule has 0 saturated heterocycles. The highest BCUT2D eigenvalue weighted by atomic mass is 19.3. The number of ether oxygens (including phenoxy) is 4. The van der Waals surface area contributed by atoms with Crippen LogP contribution < -0.4 is 24.3 Å². The number of alkyl halides is 2. The number of benzene rings is 2. The van der Waals surface area contributed by atoms with Crippen molar-refractivity contribution >= 4 is 5.91 Å². The second kappa shape index (κ2) is 9.45. The van der Waals surface area contributed by atoms with Crippen LogP contribution in [0, 0.1) is 0 Å². The molecule has 0 aromatic heterocycles. The quantitative estimate of drug-likeness (QED) is 0.738. The minimum atomic E-state index is -2.94.